The van der Waals surface area contributed by atoms with Crippen molar-refractivity contribution in [2.75, 3.05) is 6.54 Å². The molecular weight excluding hydrogens is 176 g/mol. The van der Waals surface area contributed by atoms with Crippen LogP contribution in [0.25, 0.3) is 0 Å². The van der Waals surface area contributed by atoms with E-state index in [9.17, 15) is 4.79 Å². The van der Waals surface area contributed by atoms with E-state index in [-0.39, 0.29) is 5.78 Å². The maximum atomic E-state index is 11.2. The minimum atomic E-state index is -0.0471. The van der Waals surface area contributed by atoms with Gasteiger partial charge in [0.2, 0.25) is 0 Å². The third kappa shape index (κ3) is 2.29. The molecule has 0 atom stereocenters. The number of rotatable bonds is 3. The molecule has 0 fully saturated rings. The molecule has 0 bridgehead atoms. The highest BCUT2D eigenvalue weighted by atomic mass is 35.5. The third-order valence-electron chi connectivity index (χ3n) is 1.38. The molecule has 0 radical (unpaired) electrons. The normalized spacial score (nSPS) is 9.83. The summed E-state index contributed by atoms with van der Waals surface area (Å²) in [4.78, 5) is 15.0. The number of halogens is 1. The fourth-order valence-corrected chi connectivity index (χ4v) is 0.912. The lowest BCUT2D eigenvalue weighted by Crippen LogP contribution is -2.09. The molecule has 2 N–H and O–H groups in total. The summed E-state index contributed by atoms with van der Waals surface area (Å²) in [7, 11) is 0. The van der Waals surface area contributed by atoms with Gasteiger partial charge in [-0.3, -0.25) is 9.78 Å². The summed E-state index contributed by atoms with van der Waals surface area (Å²) in [5, 5.41) is 0.527. The zero-order chi connectivity index (χ0) is 8.97. The Morgan fingerprint density at radius 1 is 1.58 bits per heavy atom. The molecule has 4 heteroatoms. The van der Waals surface area contributed by atoms with E-state index in [0.29, 0.717) is 23.7 Å². The van der Waals surface area contributed by atoms with Crippen molar-refractivity contribution >= 4 is 17.4 Å². The molecule has 1 heterocycles. The van der Waals surface area contributed by atoms with Crippen molar-refractivity contribution in [1.82, 2.24) is 4.98 Å². The summed E-state index contributed by atoms with van der Waals surface area (Å²) < 4.78 is 0. The molecule has 0 aliphatic rings. The van der Waals surface area contributed by atoms with Crippen LogP contribution in [0, 0.1) is 0 Å². The number of nitrogens with two attached hydrogens (primary N) is 1. The van der Waals surface area contributed by atoms with E-state index < -0.39 is 0 Å². The van der Waals surface area contributed by atoms with Crippen LogP contribution in [0.5, 0.6) is 0 Å². The van der Waals surface area contributed by atoms with Crippen molar-refractivity contribution in [3.05, 3.63) is 29.0 Å². The zero-order valence-corrected chi connectivity index (χ0v) is 7.21. The Morgan fingerprint density at radius 3 is 2.83 bits per heavy atom. The van der Waals surface area contributed by atoms with E-state index in [2.05, 4.69) is 4.98 Å². The molecule has 0 amide bonds. The molecule has 0 aliphatic carbocycles. The zero-order valence-electron chi connectivity index (χ0n) is 6.46. The molecule has 0 saturated heterocycles. The van der Waals surface area contributed by atoms with Crippen molar-refractivity contribution in [1.29, 1.82) is 0 Å². The van der Waals surface area contributed by atoms with Gasteiger partial charge in [0.15, 0.2) is 5.78 Å². The summed E-state index contributed by atoms with van der Waals surface area (Å²) in [5.74, 6) is -0.0471. The maximum absolute atomic E-state index is 11.2. The van der Waals surface area contributed by atoms with Crippen LogP contribution in [0.1, 0.15) is 16.9 Å². The molecule has 1 rings (SSSR count). The van der Waals surface area contributed by atoms with Gasteiger partial charge < -0.3 is 5.73 Å². The number of hydrogen-bond acceptors (Lipinski definition) is 3. The van der Waals surface area contributed by atoms with E-state index in [1.165, 1.54) is 6.20 Å². The minimum Gasteiger partial charge on any atom is -0.330 e. The summed E-state index contributed by atoms with van der Waals surface area (Å²) >= 11 is 5.59. The summed E-state index contributed by atoms with van der Waals surface area (Å²) in [6.07, 6.45) is 1.78. The van der Waals surface area contributed by atoms with Crippen molar-refractivity contribution < 1.29 is 4.79 Å². The van der Waals surface area contributed by atoms with Crippen LogP contribution >= 0.6 is 11.6 Å². The number of pyridine rings is 1. The number of Topliss-reactive ketones (excluding diaryl/α,β-unsaturated/α-hetero) is 1. The molecule has 0 spiro atoms. The number of carbonyl (C=O) groups excluding carboxylic acids is 1. The Labute approximate surface area is 75.6 Å². The van der Waals surface area contributed by atoms with Gasteiger partial charge in [-0.1, -0.05) is 11.6 Å². The van der Waals surface area contributed by atoms with E-state index in [1.54, 1.807) is 12.1 Å². The van der Waals surface area contributed by atoms with Crippen LogP contribution in [-0.4, -0.2) is 17.3 Å². The average Bonchev–Trinajstić information content (AvgIpc) is 2.06. The van der Waals surface area contributed by atoms with Crippen LogP contribution in [0.3, 0.4) is 0 Å². The van der Waals surface area contributed by atoms with Crippen molar-refractivity contribution in [2.45, 2.75) is 6.42 Å². The number of carbonyl (C=O) groups is 1. The highest BCUT2D eigenvalue weighted by Crippen LogP contribution is 2.07. The van der Waals surface area contributed by atoms with Crippen LogP contribution in [0.15, 0.2) is 18.3 Å². The Balaban J connectivity index is 2.75. The molecule has 0 unspecified atom stereocenters. The van der Waals surface area contributed by atoms with Crippen molar-refractivity contribution in [3.63, 3.8) is 0 Å². The topological polar surface area (TPSA) is 56.0 Å². The van der Waals surface area contributed by atoms with Gasteiger partial charge in [0.05, 0.1) is 5.02 Å². The third-order valence-corrected chi connectivity index (χ3v) is 1.61. The summed E-state index contributed by atoms with van der Waals surface area (Å²) in [5.41, 5.74) is 5.64. The Bertz CT molecular complexity index is 271. The van der Waals surface area contributed by atoms with Gasteiger partial charge in [-0.15, -0.1) is 0 Å². The monoisotopic (exact) mass is 184 g/mol. The molecule has 1 aromatic heterocycles. The van der Waals surface area contributed by atoms with E-state index >= 15 is 0 Å². The SMILES string of the molecule is NCCC(=O)c1ccc(Cl)cn1. The molecular formula is C8H9ClN2O. The Hall–Kier alpha value is -0.930. The first-order valence-corrected chi connectivity index (χ1v) is 3.96. The fraction of sp³-hybridized carbons (Fsp3) is 0.250. The summed E-state index contributed by atoms with van der Waals surface area (Å²) in [6, 6.07) is 3.23. The predicted molar refractivity (Wildman–Crippen MR) is 47.2 cm³/mol. The second-order valence-electron chi connectivity index (χ2n) is 2.32. The van der Waals surface area contributed by atoms with Crippen LogP contribution in [0.4, 0.5) is 0 Å². The fourth-order valence-electron chi connectivity index (χ4n) is 0.800. The van der Waals surface area contributed by atoms with Crippen LogP contribution in [0.2, 0.25) is 5.02 Å². The molecule has 64 valence electrons. The van der Waals surface area contributed by atoms with Crippen LogP contribution < -0.4 is 5.73 Å². The average molecular weight is 185 g/mol. The number of aromatic nitrogens is 1. The lowest BCUT2D eigenvalue weighted by Gasteiger charge is -1.96. The molecule has 3 nitrogen and oxygen atoms in total. The van der Waals surface area contributed by atoms with E-state index in [0.717, 1.165) is 0 Å². The standard InChI is InChI=1S/C8H9ClN2O/c9-6-1-2-7(11-5-6)8(12)3-4-10/h1-2,5H,3-4,10H2. The smallest absolute Gasteiger partial charge is 0.182 e. The second-order valence-corrected chi connectivity index (χ2v) is 2.76. The first kappa shape index (κ1) is 9.16. The molecule has 12 heavy (non-hydrogen) atoms. The quantitative estimate of drug-likeness (QED) is 0.720. The van der Waals surface area contributed by atoms with Crippen molar-refractivity contribution in [3.8, 4) is 0 Å². The van der Waals surface area contributed by atoms with Gasteiger partial charge in [0.1, 0.15) is 5.69 Å². The molecule has 0 aromatic carbocycles. The number of nitrogens with zero attached hydrogens (tertiary/aromatic N) is 1. The van der Waals surface area contributed by atoms with Crippen LogP contribution in [-0.2, 0) is 0 Å². The second kappa shape index (κ2) is 4.18. The van der Waals surface area contributed by atoms with Gasteiger partial charge in [0, 0.05) is 12.6 Å². The lowest BCUT2D eigenvalue weighted by molar-refractivity contribution is 0.0980. The van der Waals surface area contributed by atoms with E-state index in [4.69, 9.17) is 17.3 Å². The first-order chi connectivity index (χ1) is 5.74. The highest BCUT2D eigenvalue weighted by Gasteiger charge is 2.04. The van der Waals surface area contributed by atoms with Crippen molar-refractivity contribution in [2.24, 2.45) is 5.73 Å². The van der Waals surface area contributed by atoms with Gasteiger partial charge in [-0.05, 0) is 18.7 Å². The number of ketones is 1. The van der Waals surface area contributed by atoms with Gasteiger partial charge in [0.25, 0.3) is 0 Å². The van der Waals surface area contributed by atoms with Gasteiger partial charge >= 0.3 is 0 Å². The largest absolute Gasteiger partial charge is 0.330 e. The van der Waals surface area contributed by atoms with E-state index in [1.807, 2.05) is 0 Å². The number of hydrogen-bond donors (Lipinski definition) is 1. The highest BCUT2D eigenvalue weighted by molar-refractivity contribution is 6.30. The summed E-state index contributed by atoms with van der Waals surface area (Å²) in [6.45, 7) is 0.350. The molecule has 1 aromatic rings. The minimum absolute atomic E-state index is 0.0471. The van der Waals surface area contributed by atoms with Gasteiger partial charge in [-0.25, -0.2) is 0 Å². The maximum Gasteiger partial charge on any atom is 0.182 e. The first-order valence-electron chi connectivity index (χ1n) is 3.59. The van der Waals surface area contributed by atoms with Gasteiger partial charge in [-0.2, -0.15) is 0 Å². The Kier molecular flexibility index (Phi) is 3.19. The lowest BCUT2D eigenvalue weighted by atomic mass is 10.2. The molecule has 0 saturated carbocycles. The Morgan fingerprint density at radius 2 is 2.33 bits per heavy atom. The molecule has 0 aliphatic heterocycles. The predicted octanol–water partition coefficient (Wildman–Crippen LogP) is 1.27.